The number of benzene rings is 3. The number of hydrogen-bond donors (Lipinski definition) is 1. The van der Waals surface area contributed by atoms with Crippen molar-refractivity contribution in [1.29, 1.82) is 0 Å². The van der Waals surface area contributed by atoms with E-state index in [1.807, 2.05) is 0 Å². The summed E-state index contributed by atoms with van der Waals surface area (Å²) in [6.45, 7) is 4.63. The van der Waals surface area contributed by atoms with Gasteiger partial charge in [-0.2, -0.15) is 0 Å². The Morgan fingerprint density at radius 3 is 2.45 bits per heavy atom. The van der Waals surface area contributed by atoms with Gasteiger partial charge in [0.1, 0.15) is 0 Å². The predicted octanol–water partition coefficient (Wildman–Crippen LogP) is 14.0. The molecule has 2 unspecified atom stereocenters. The van der Waals surface area contributed by atoms with Crippen molar-refractivity contribution < 1.29 is 0 Å². The summed E-state index contributed by atoms with van der Waals surface area (Å²) in [5.74, 6) is 0.907. The highest BCUT2D eigenvalue weighted by molar-refractivity contribution is 5.84. The molecule has 0 aromatic heterocycles. The Balaban J connectivity index is 1.02. The van der Waals surface area contributed by atoms with Crippen molar-refractivity contribution in [3.63, 3.8) is 0 Å². The van der Waals surface area contributed by atoms with Gasteiger partial charge in [0.15, 0.2) is 0 Å². The molecule has 0 amide bonds. The van der Waals surface area contributed by atoms with Gasteiger partial charge in [-0.1, -0.05) is 128 Å². The highest BCUT2D eigenvalue weighted by Gasteiger charge is 2.31. The van der Waals surface area contributed by atoms with E-state index in [1.165, 1.54) is 84.7 Å². The van der Waals surface area contributed by atoms with Gasteiger partial charge in [-0.3, -0.25) is 0 Å². The van der Waals surface area contributed by atoms with E-state index in [1.54, 1.807) is 0 Å². The highest BCUT2D eigenvalue weighted by Crippen LogP contribution is 2.47. The molecule has 3 atom stereocenters. The summed E-state index contributed by atoms with van der Waals surface area (Å²) in [4.78, 5) is 2.56. The number of nitrogens with one attached hydrogen (secondary N) is 1. The summed E-state index contributed by atoms with van der Waals surface area (Å²) in [7, 11) is 0. The van der Waals surface area contributed by atoms with Crippen LogP contribution in [0.4, 0.5) is 5.69 Å². The summed E-state index contributed by atoms with van der Waals surface area (Å²) in [5, 5.41) is 3.91. The van der Waals surface area contributed by atoms with Gasteiger partial charge in [0.2, 0.25) is 0 Å². The smallest absolute Gasteiger partial charge is 0.0422 e. The maximum Gasteiger partial charge on any atom is 0.0422 e. The van der Waals surface area contributed by atoms with Gasteiger partial charge in [0, 0.05) is 52.3 Å². The van der Waals surface area contributed by atoms with E-state index in [9.17, 15) is 0 Å². The molecule has 6 aliphatic carbocycles. The van der Waals surface area contributed by atoms with Crippen molar-refractivity contribution in [1.82, 2.24) is 4.90 Å². The number of hydrogen-bond acceptors (Lipinski definition) is 2. The molecule has 3 aromatic carbocycles. The van der Waals surface area contributed by atoms with E-state index in [4.69, 9.17) is 0 Å². The molecule has 10 rings (SSSR count). The lowest BCUT2D eigenvalue weighted by Crippen LogP contribution is -2.24. The van der Waals surface area contributed by atoms with E-state index in [2.05, 4.69) is 175 Å². The molecule has 0 saturated carbocycles. The zero-order chi connectivity index (χ0) is 37.4. The number of rotatable bonds is 6. The molecular weight excluding hydrogens is 677 g/mol. The van der Waals surface area contributed by atoms with E-state index in [-0.39, 0.29) is 0 Å². The first kappa shape index (κ1) is 34.6. The minimum atomic E-state index is 0.441. The Morgan fingerprint density at radius 1 is 0.643 bits per heavy atom. The van der Waals surface area contributed by atoms with Crippen molar-refractivity contribution in [3.8, 4) is 11.1 Å². The first-order valence-corrected chi connectivity index (χ1v) is 20.9. The third kappa shape index (κ3) is 6.52. The maximum atomic E-state index is 4.63. The fraction of sp³-hybridized carbons (Fsp3) is 0.222. The van der Waals surface area contributed by atoms with Crippen LogP contribution in [0.5, 0.6) is 0 Å². The second-order valence-corrected chi connectivity index (χ2v) is 16.2. The Morgan fingerprint density at radius 2 is 1.54 bits per heavy atom. The van der Waals surface area contributed by atoms with Gasteiger partial charge in [-0.05, 0) is 144 Å². The first-order chi connectivity index (χ1) is 27.7. The summed E-state index contributed by atoms with van der Waals surface area (Å²) < 4.78 is 0. The average molecular weight is 727 g/mol. The van der Waals surface area contributed by atoms with Gasteiger partial charge in [-0.15, -0.1) is 0 Å². The molecule has 2 heteroatoms. The maximum absolute atomic E-state index is 4.63. The Labute approximate surface area is 333 Å². The Hall–Kier alpha value is -5.86. The molecule has 0 fully saturated rings. The molecule has 1 aliphatic heterocycles. The van der Waals surface area contributed by atoms with Crippen LogP contribution in [0.3, 0.4) is 0 Å². The Bertz CT molecular complexity index is 2450. The lowest BCUT2D eigenvalue weighted by Gasteiger charge is -2.37. The van der Waals surface area contributed by atoms with Crippen LogP contribution in [0.15, 0.2) is 192 Å². The number of nitrogens with zero attached hydrogens (tertiary/aromatic N) is 1. The fourth-order valence-electron chi connectivity index (χ4n) is 9.97. The van der Waals surface area contributed by atoms with Crippen molar-refractivity contribution in [3.05, 3.63) is 214 Å². The number of anilines is 1. The van der Waals surface area contributed by atoms with Gasteiger partial charge < -0.3 is 10.2 Å². The third-order valence-corrected chi connectivity index (χ3v) is 12.9. The summed E-state index contributed by atoms with van der Waals surface area (Å²) >= 11 is 0. The number of fused-ring (bicyclic) bond motifs is 4. The van der Waals surface area contributed by atoms with E-state index >= 15 is 0 Å². The average Bonchev–Trinajstić information content (AvgIpc) is 3.26. The quantitative estimate of drug-likeness (QED) is 0.255. The minimum absolute atomic E-state index is 0.441. The molecule has 56 heavy (non-hydrogen) atoms. The highest BCUT2D eigenvalue weighted by atomic mass is 15.1. The second kappa shape index (κ2) is 15.0. The number of allylic oxidation sites excluding steroid dienone is 20. The zero-order valence-electron chi connectivity index (χ0n) is 32.3. The molecule has 0 radical (unpaired) electrons. The lowest BCUT2D eigenvalue weighted by molar-refractivity contribution is 0.502. The van der Waals surface area contributed by atoms with Gasteiger partial charge >= 0.3 is 0 Å². The molecule has 276 valence electrons. The van der Waals surface area contributed by atoms with Crippen LogP contribution in [-0.2, 0) is 0 Å². The molecule has 1 heterocycles. The topological polar surface area (TPSA) is 15.3 Å². The minimum Gasteiger partial charge on any atom is -0.381 e. The summed E-state index contributed by atoms with van der Waals surface area (Å²) in [5.41, 5.74) is 20.2. The van der Waals surface area contributed by atoms with E-state index in [0.717, 1.165) is 56.9 Å². The normalized spacial score (nSPS) is 24.9. The van der Waals surface area contributed by atoms with Crippen LogP contribution >= 0.6 is 0 Å². The summed E-state index contributed by atoms with van der Waals surface area (Å²) in [6.07, 6.45) is 44.1. The van der Waals surface area contributed by atoms with Crippen LogP contribution < -0.4 is 5.32 Å². The molecule has 0 spiro atoms. The van der Waals surface area contributed by atoms with Crippen LogP contribution in [0, 0.1) is 5.92 Å². The summed E-state index contributed by atoms with van der Waals surface area (Å²) in [6, 6.07) is 25.7. The molecule has 3 aromatic rings. The van der Waals surface area contributed by atoms with Crippen molar-refractivity contribution >= 4 is 22.9 Å². The van der Waals surface area contributed by atoms with Gasteiger partial charge in [0.25, 0.3) is 0 Å². The van der Waals surface area contributed by atoms with E-state index in [0.29, 0.717) is 17.9 Å². The van der Waals surface area contributed by atoms with Crippen molar-refractivity contribution in [2.75, 3.05) is 5.32 Å². The standard InChI is InChI=1S/C54H50N2/c1-37-14-12-13-33-56(53-32-29-47(48-21-10-11-22-49(48)53)43-25-28-46-42(34-43)24-23-39-17-8-9-20-45(39)46)54-31-27-41(35-50(37)54)40-26-30-52(55-44-18-6-3-7-19-44)51(36-40)38-15-4-2-5-16-38/h2-6,8-10,12-17,20-21,23-26,28,30,33-36,39,44-45,55H,1,7,11,18-19,22,27,29,31-32H2/b14-12-,33-13-/t39?,44-,45?/m1/s1. The zero-order valence-corrected chi connectivity index (χ0v) is 32.3. The molecular formula is C54H50N2. The molecule has 0 bridgehead atoms. The van der Waals surface area contributed by atoms with E-state index < -0.39 is 0 Å². The third-order valence-electron chi connectivity index (χ3n) is 12.9. The van der Waals surface area contributed by atoms with Crippen LogP contribution in [0.25, 0.3) is 28.3 Å². The second-order valence-electron chi connectivity index (χ2n) is 16.2. The molecule has 1 N–H and O–H groups in total. The Kier molecular flexibility index (Phi) is 9.27. The largest absolute Gasteiger partial charge is 0.381 e. The SMILES string of the molecule is C=C1/C=C\C=C/N(C2=C3CCC=CC3=C(c3ccc4c(c3)C=CC3C=CC=CC43)CC2)C2=C1C=C(c1ccc(N[C@@H]3CC=CCC3)c(-c3ccccc3)c1)CC2. The first-order valence-electron chi connectivity index (χ1n) is 20.9. The molecule has 7 aliphatic rings. The predicted molar refractivity (Wildman–Crippen MR) is 237 cm³/mol. The monoisotopic (exact) mass is 726 g/mol. The molecule has 2 nitrogen and oxygen atoms in total. The lowest BCUT2D eigenvalue weighted by atomic mass is 9.75. The van der Waals surface area contributed by atoms with Crippen molar-refractivity contribution in [2.45, 2.75) is 69.7 Å². The van der Waals surface area contributed by atoms with Gasteiger partial charge in [-0.25, -0.2) is 0 Å². The van der Waals surface area contributed by atoms with Crippen LogP contribution in [-0.4, -0.2) is 10.9 Å². The van der Waals surface area contributed by atoms with Crippen molar-refractivity contribution in [2.24, 2.45) is 5.92 Å². The van der Waals surface area contributed by atoms with Crippen LogP contribution in [0.2, 0.25) is 0 Å². The van der Waals surface area contributed by atoms with Gasteiger partial charge in [0.05, 0.1) is 0 Å². The molecule has 0 saturated heterocycles. The van der Waals surface area contributed by atoms with Crippen LogP contribution in [0.1, 0.15) is 86.0 Å². The fourth-order valence-corrected chi connectivity index (χ4v) is 9.97.